The van der Waals surface area contributed by atoms with Crippen LogP contribution in [0.5, 0.6) is 0 Å². The minimum absolute atomic E-state index is 0.00356. The minimum Gasteiger partial charge on any atom is -0.376 e. The van der Waals surface area contributed by atoms with Crippen LogP contribution in [0.15, 0.2) is 30.3 Å². The molecule has 0 aliphatic carbocycles. The third kappa shape index (κ3) is 5.65. The fourth-order valence-electron chi connectivity index (χ4n) is 4.86. The zero-order valence-corrected chi connectivity index (χ0v) is 20.6. The van der Waals surface area contributed by atoms with E-state index in [2.05, 4.69) is 0 Å². The van der Waals surface area contributed by atoms with E-state index in [0.29, 0.717) is 26.1 Å². The van der Waals surface area contributed by atoms with Gasteiger partial charge in [-0.25, -0.2) is 13.1 Å². The lowest BCUT2D eigenvalue weighted by molar-refractivity contribution is -0.135. The number of para-hydroxylation sites is 1. The summed E-state index contributed by atoms with van der Waals surface area (Å²) in [5, 5.41) is 4.71. The van der Waals surface area contributed by atoms with Gasteiger partial charge in [0.05, 0.1) is 35.5 Å². The van der Waals surface area contributed by atoms with Crippen LogP contribution in [0.1, 0.15) is 36.2 Å². The SMILES string of the molecule is Cc1nn(-c2ccccc2)c(C)c1CN(C)CC(=O)N(CC1CCCO1)C1CCS(=O)(=O)C1. The zero-order chi connectivity index (χ0) is 23.6. The van der Waals surface area contributed by atoms with Crippen LogP contribution >= 0.6 is 0 Å². The summed E-state index contributed by atoms with van der Waals surface area (Å²) in [4.78, 5) is 17.1. The molecule has 2 atom stereocenters. The smallest absolute Gasteiger partial charge is 0.237 e. The molecule has 0 N–H and O–H groups in total. The first-order chi connectivity index (χ1) is 15.7. The van der Waals surface area contributed by atoms with E-state index in [1.165, 1.54) is 0 Å². The standard InChI is InChI=1S/C24H34N4O4S/c1-18-23(19(2)28(25-18)20-8-5-4-6-9-20)15-26(3)16-24(29)27(14-22-10-7-12-32-22)21-11-13-33(30,31)17-21/h4-6,8-9,21-22H,7,10-17H2,1-3H3. The van der Waals surface area contributed by atoms with Crippen LogP contribution in [-0.4, -0.2) is 84.3 Å². The Balaban J connectivity index is 1.45. The average molecular weight is 475 g/mol. The number of ether oxygens (including phenoxy) is 1. The summed E-state index contributed by atoms with van der Waals surface area (Å²) in [6, 6.07) is 9.74. The molecule has 2 aliphatic heterocycles. The van der Waals surface area contributed by atoms with Gasteiger partial charge in [0, 0.05) is 37.0 Å². The number of rotatable bonds is 8. The fourth-order valence-corrected chi connectivity index (χ4v) is 6.59. The Labute approximate surface area is 196 Å². The van der Waals surface area contributed by atoms with Crippen LogP contribution < -0.4 is 0 Å². The van der Waals surface area contributed by atoms with Crippen LogP contribution in [0.25, 0.3) is 5.69 Å². The van der Waals surface area contributed by atoms with Gasteiger partial charge in [-0.1, -0.05) is 18.2 Å². The van der Waals surface area contributed by atoms with Gasteiger partial charge in [0.15, 0.2) is 9.84 Å². The lowest BCUT2D eigenvalue weighted by atomic mass is 10.1. The second kappa shape index (κ2) is 9.95. The molecule has 2 aliphatic rings. The second-order valence-corrected chi connectivity index (χ2v) is 11.5. The molecule has 0 bridgehead atoms. The van der Waals surface area contributed by atoms with Crippen LogP contribution in [-0.2, 0) is 25.9 Å². The predicted octanol–water partition coefficient (Wildman–Crippen LogP) is 2.12. The van der Waals surface area contributed by atoms with Crippen molar-refractivity contribution in [2.24, 2.45) is 0 Å². The highest BCUT2D eigenvalue weighted by atomic mass is 32.2. The van der Waals surface area contributed by atoms with E-state index in [9.17, 15) is 13.2 Å². The Morgan fingerprint density at radius 1 is 1.21 bits per heavy atom. The number of likely N-dealkylation sites (N-methyl/N-ethyl adjacent to an activating group) is 1. The molecule has 0 spiro atoms. The summed E-state index contributed by atoms with van der Waals surface area (Å²) in [5.41, 5.74) is 4.10. The van der Waals surface area contributed by atoms with Crippen LogP contribution in [0.2, 0.25) is 0 Å². The number of aryl methyl sites for hydroxylation is 1. The van der Waals surface area contributed by atoms with Gasteiger partial charge in [-0.05, 0) is 52.3 Å². The van der Waals surface area contributed by atoms with E-state index in [-0.39, 0.29) is 36.1 Å². The average Bonchev–Trinajstić information content (AvgIpc) is 3.48. The molecule has 3 heterocycles. The molecule has 8 nitrogen and oxygen atoms in total. The van der Waals surface area contributed by atoms with E-state index in [1.54, 1.807) is 4.90 Å². The van der Waals surface area contributed by atoms with Crippen molar-refractivity contribution >= 4 is 15.7 Å². The summed E-state index contributed by atoms with van der Waals surface area (Å²) >= 11 is 0. The molecule has 2 saturated heterocycles. The van der Waals surface area contributed by atoms with Crippen molar-refractivity contribution in [2.75, 3.05) is 38.2 Å². The highest BCUT2D eigenvalue weighted by Gasteiger charge is 2.36. The van der Waals surface area contributed by atoms with Crippen molar-refractivity contribution in [3.8, 4) is 5.69 Å². The lowest BCUT2D eigenvalue weighted by Crippen LogP contribution is -2.48. The third-order valence-corrected chi connectivity index (χ3v) is 8.42. The first-order valence-corrected chi connectivity index (χ1v) is 13.5. The molecule has 4 rings (SSSR count). The Morgan fingerprint density at radius 2 is 1.97 bits per heavy atom. The minimum atomic E-state index is -3.08. The summed E-state index contributed by atoms with van der Waals surface area (Å²) in [5.74, 6) is 0.165. The maximum atomic E-state index is 13.3. The number of hydrogen-bond donors (Lipinski definition) is 0. The topological polar surface area (TPSA) is 84.7 Å². The molecule has 1 aromatic carbocycles. The molecule has 0 saturated carbocycles. The van der Waals surface area contributed by atoms with E-state index >= 15 is 0 Å². The largest absolute Gasteiger partial charge is 0.376 e. The molecule has 33 heavy (non-hydrogen) atoms. The molecule has 180 valence electrons. The number of carbonyl (C=O) groups excluding carboxylic acids is 1. The van der Waals surface area contributed by atoms with Crippen molar-refractivity contribution in [3.05, 3.63) is 47.3 Å². The van der Waals surface area contributed by atoms with Crippen LogP contribution in [0, 0.1) is 13.8 Å². The maximum absolute atomic E-state index is 13.3. The van der Waals surface area contributed by atoms with E-state index in [1.807, 2.05) is 60.8 Å². The molecule has 0 radical (unpaired) electrons. The van der Waals surface area contributed by atoms with Gasteiger partial charge < -0.3 is 9.64 Å². The molecule has 2 unspecified atom stereocenters. The highest BCUT2D eigenvalue weighted by molar-refractivity contribution is 7.91. The van der Waals surface area contributed by atoms with Crippen LogP contribution in [0.4, 0.5) is 0 Å². The van der Waals surface area contributed by atoms with Crippen LogP contribution in [0.3, 0.4) is 0 Å². The van der Waals surface area contributed by atoms with Crippen molar-refractivity contribution in [2.45, 2.75) is 51.8 Å². The number of nitrogens with zero attached hydrogens (tertiary/aromatic N) is 4. The fraction of sp³-hybridized carbons (Fsp3) is 0.583. The molecule has 1 aromatic heterocycles. The maximum Gasteiger partial charge on any atom is 0.237 e. The molecular weight excluding hydrogens is 440 g/mol. The molecule has 9 heteroatoms. The first-order valence-electron chi connectivity index (χ1n) is 11.6. The zero-order valence-electron chi connectivity index (χ0n) is 19.7. The number of aromatic nitrogens is 2. The first kappa shape index (κ1) is 23.9. The van der Waals surface area contributed by atoms with Crippen molar-refractivity contribution in [1.82, 2.24) is 19.6 Å². The van der Waals surface area contributed by atoms with E-state index < -0.39 is 9.84 Å². The van der Waals surface area contributed by atoms with Crippen molar-refractivity contribution in [1.29, 1.82) is 0 Å². The number of benzene rings is 1. The molecular formula is C24H34N4O4S. The second-order valence-electron chi connectivity index (χ2n) is 9.31. The molecule has 1 amide bonds. The Hall–Kier alpha value is -2.23. The molecule has 2 aromatic rings. The Kier molecular flexibility index (Phi) is 7.21. The van der Waals surface area contributed by atoms with Gasteiger partial charge in [-0.2, -0.15) is 5.10 Å². The normalized spacial score (nSPS) is 22.2. The third-order valence-electron chi connectivity index (χ3n) is 6.67. The highest BCUT2D eigenvalue weighted by Crippen LogP contribution is 2.23. The van der Waals surface area contributed by atoms with E-state index in [0.717, 1.165) is 35.5 Å². The predicted molar refractivity (Wildman–Crippen MR) is 127 cm³/mol. The van der Waals surface area contributed by atoms with Gasteiger partial charge in [0.25, 0.3) is 0 Å². The Morgan fingerprint density at radius 3 is 2.61 bits per heavy atom. The quantitative estimate of drug-likeness (QED) is 0.583. The number of hydrogen-bond acceptors (Lipinski definition) is 6. The summed E-state index contributed by atoms with van der Waals surface area (Å²) < 4.78 is 31.8. The molecule has 2 fully saturated rings. The number of sulfone groups is 1. The summed E-state index contributed by atoms with van der Waals surface area (Å²) in [6.07, 6.45) is 2.40. The monoisotopic (exact) mass is 474 g/mol. The van der Waals surface area contributed by atoms with Gasteiger partial charge in [0.1, 0.15) is 0 Å². The lowest BCUT2D eigenvalue weighted by Gasteiger charge is -2.32. The Bertz CT molecular complexity index is 1080. The summed E-state index contributed by atoms with van der Waals surface area (Å²) in [6.45, 7) is 6.03. The number of carbonyl (C=O) groups is 1. The summed E-state index contributed by atoms with van der Waals surface area (Å²) in [7, 11) is -1.16. The van der Waals surface area contributed by atoms with Gasteiger partial charge in [0.2, 0.25) is 5.91 Å². The van der Waals surface area contributed by atoms with Gasteiger partial charge in [-0.15, -0.1) is 0 Å². The number of amides is 1. The van der Waals surface area contributed by atoms with Gasteiger partial charge in [-0.3, -0.25) is 9.69 Å². The van der Waals surface area contributed by atoms with Gasteiger partial charge >= 0.3 is 0 Å². The van der Waals surface area contributed by atoms with E-state index in [4.69, 9.17) is 9.84 Å². The van der Waals surface area contributed by atoms with Crippen molar-refractivity contribution < 1.29 is 17.9 Å². The van der Waals surface area contributed by atoms with Crippen molar-refractivity contribution in [3.63, 3.8) is 0 Å².